The van der Waals surface area contributed by atoms with E-state index in [0.717, 1.165) is 12.0 Å². The lowest BCUT2D eigenvalue weighted by atomic mass is 10.1. The number of hydrogen-bond donors (Lipinski definition) is 2. The van der Waals surface area contributed by atoms with Crippen molar-refractivity contribution >= 4 is 5.91 Å². The second-order valence-electron chi connectivity index (χ2n) is 5.07. The van der Waals surface area contributed by atoms with Crippen molar-refractivity contribution in [1.29, 1.82) is 0 Å². The van der Waals surface area contributed by atoms with Crippen LogP contribution in [0.2, 0.25) is 0 Å². The number of carbonyl (C=O) groups is 1. The van der Waals surface area contributed by atoms with Gasteiger partial charge in [0.1, 0.15) is 6.04 Å². The number of likely N-dealkylation sites (N-methyl/N-ethyl adjacent to an activating group) is 1. The van der Waals surface area contributed by atoms with E-state index in [2.05, 4.69) is 22.7 Å². The Balaban J connectivity index is 1.91. The Bertz CT molecular complexity index is 415. The average molecular weight is 250 g/mol. The van der Waals surface area contributed by atoms with Crippen LogP contribution in [0.25, 0.3) is 0 Å². The molecule has 5 heteroatoms. The van der Waals surface area contributed by atoms with Crippen LogP contribution in [0, 0.1) is 5.92 Å². The lowest BCUT2D eigenvalue weighted by Gasteiger charge is -2.14. The first-order chi connectivity index (χ1) is 8.65. The zero-order valence-corrected chi connectivity index (χ0v) is 11.3. The molecule has 100 valence electrons. The maximum Gasteiger partial charge on any atom is 0.242 e. The molecule has 2 N–H and O–H groups in total. The minimum absolute atomic E-state index is 0.0501. The predicted molar refractivity (Wildman–Crippen MR) is 70.0 cm³/mol. The van der Waals surface area contributed by atoms with E-state index in [-0.39, 0.29) is 11.9 Å². The molecule has 1 saturated carbocycles. The van der Waals surface area contributed by atoms with E-state index in [9.17, 15) is 4.79 Å². The van der Waals surface area contributed by atoms with Crippen LogP contribution in [-0.4, -0.2) is 28.8 Å². The van der Waals surface area contributed by atoms with E-state index in [1.165, 1.54) is 12.8 Å². The van der Waals surface area contributed by atoms with Crippen molar-refractivity contribution < 1.29 is 4.79 Å². The van der Waals surface area contributed by atoms with Crippen molar-refractivity contribution in [2.45, 2.75) is 38.3 Å². The molecule has 0 aromatic carbocycles. The summed E-state index contributed by atoms with van der Waals surface area (Å²) in [6.45, 7) is 2.18. The van der Waals surface area contributed by atoms with Crippen molar-refractivity contribution in [3.05, 3.63) is 18.0 Å². The Hall–Kier alpha value is -1.36. The van der Waals surface area contributed by atoms with Crippen LogP contribution in [-0.2, 0) is 11.8 Å². The molecule has 0 radical (unpaired) electrons. The van der Waals surface area contributed by atoms with Crippen LogP contribution in [0.1, 0.15) is 37.8 Å². The van der Waals surface area contributed by atoms with E-state index >= 15 is 0 Å². The molecule has 0 bridgehead atoms. The van der Waals surface area contributed by atoms with Gasteiger partial charge in [-0.2, -0.15) is 5.10 Å². The third-order valence-electron chi connectivity index (χ3n) is 3.52. The van der Waals surface area contributed by atoms with Crippen LogP contribution in [0.3, 0.4) is 0 Å². The molecule has 1 fully saturated rings. The van der Waals surface area contributed by atoms with E-state index in [4.69, 9.17) is 0 Å². The maximum atomic E-state index is 12.2. The first-order valence-electron chi connectivity index (χ1n) is 6.61. The molecular formula is C13H22N4O. The van der Waals surface area contributed by atoms with Gasteiger partial charge in [-0.3, -0.25) is 9.48 Å². The fourth-order valence-corrected chi connectivity index (χ4v) is 2.42. The first kappa shape index (κ1) is 13.1. The summed E-state index contributed by atoms with van der Waals surface area (Å²) in [5, 5.41) is 10.3. The standard InChI is InChI=1S/C13H22N4O/c1-4-5-9-6-11(9)16-13(18)12(14-2)10-7-15-17(3)8-10/h7-9,11-12,14H,4-6H2,1-3H3,(H,16,18). The number of carbonyl (C=O) groups excluding carboxylic acids is 1. The van der Waals surface area contributed by atoms with Crippen molar-refractivity contribution in [2.75, 3.05) is 7.05 Å². The predicted octanol–water partition coefficient (Wildman–Crippen LogP) is 0.985. The molecule has 0 saturated heterocycles. The lowest BCUT2D eigenvalue weighted by molar-refractivity contribution is -0.123. The van der Waals surface area contributed by atoms with Gasteiger partial charge < -0.3 is 10.6 Å². The number of nitrogens with zero attached hydrogens (tertiary/aromatic N) is 2. The number of nitrogens with one attached hydrogen (secondary N) is 2. The molecule has 1 heterocycles. The van der Waals surface area contributed by atoms with Crippen LogP contribution in [0.5, 0.6) is 0 Å². The van der Waals surface area contributed by atoms with E-state index in [0.29, 0.717) is 12.0 Å². The van der Waals surface area contributed by atoms with Gasteiger partial charge in [0, 0.05) is 24.8 Å². The minimum atomic E-state index is -0.304. The number of aryl methyl sites for hydroxylation is 1. The highest BCUT2D eigenvalue weighted by atomic mass is 16.2. The van der Waals surface area contributed by atoms with Gasteiger partial charge in [-0.15, -0.1) is 0 Å². The van der Waals surface area contributed by atoms with Crippen LogP contribution in [0.15, 0.2) is 12.4 Å². The van der Waals surface area contributed by atoms with Gasteiger partial charge in [-0.25, -0.2) is 0 Å². The Morgan fingerprint density at radius 1 is 1.67 bits per heavy atom. The monoisotopic (exact) mass is 250 g/mol. The summed E-state index contributed by atoms with van der Waals surface area (Å²) in [5.41, 5.74) is 0.908. The fraction of sp³-hybridized carbons (Fsp3) is 0.692. The smallest absolute Gasteiger partial charge is 0.242 e. The Morgan fingerprint density at radius 3 is 3.00 bits per heavy atom. The van der Waals surface area contributed by atoms with Crippen LogP contribution >= 0.6 is 0 Å². The summed E-state index contributed by atoms with van der Waals surface area (Å²) in [4.78, 5) is 12.2. The largest absolute Gasteiger partial charge is 0.351 e. The zero-order valence-electron chi connectivity index (χ0n) is 11.3. The van der Waals surface area contributed by atoms with Gasteiger partial charge in [0.2, 0.25) is 5.91 Å². The highest BCUT2D eigenvalue weighted by Gasteiger charge is 2.38. The molecule has 0 spiro atoms. The molecule has 5 nitrogen and oxygen atoms in total. The quantitative estimate of drug-likeness (QED) is 0.791. The van der Waals surface area contributed by atoms with Crippen molar-refractivity contribution in [3.8, 4) is 0 Å². The second kappa shape index (κ2) is 5.52. The number of amides is 1. The molecule has 1 aromatic heterocycles. The molecule has 0 aliphatic heterocycles. The summed E-state index contributed by atoms with van der Waals surface area (Å²) in [6, 6.07) is 0.0755. The summed E-state index contributed by atoms with van der Waals surface area (Å²) < 4.78 is 1.71. The Kier molecular flexibility index (Phi) is 4.01. The van der Waals surface area contributed by atoms with Crippen molar-refractivity contribution in [3.63, 3.8) is 0 Å². The van der Waals surface area contributed by atoms with E-state index in [1.54, 1.807) is 17.9 Å². The van der Waals surface area contributed by atoms with Crippen LogP contribution in [0.4, 0.5) is 0 Å². The molecular weight excluding hydrogens is 228 g/mol. The molecule has 18 heavy (non-hydrogen) atoms. The van der Waals surface area contributed by atoms with Gasteiger partial charge in [0.15, 0.2) is 0 Å². The Morgan fingerprint density at radius 2 is 2.44 bits per heavy atom. The fourth-order valence-electron chi connectivity index (χ4n) is 2.42. The Labute approximate surface area is 108 Å². The summed E-state index contributed by atoms with van der Waals surface area (Å²) >= 11 is 0. The molecule has 2 rings (SSSR count). The topological polar surface area (TPSA) is 59.0 Å². The molecule has 1 amide bonds. The normalized spacial score (nSPS) is 23.7. The SMILES string of the molecule is CCCC1CC1NC(=O)C(NC)c1cnn(C)c1. The summed E-state index contributed by atoms with van der Waals surface area (Å²) in [5.74, 6) is 0.736. The molecule has 1 aliphatic carbocycles. The number of rotatable bonds is 6. The van der Waals surface area contributed by atoms with Crippen molar-refractivity contribution in [1.82, 2.24) is 20.4 Å². The van der Waals surface area contributed by atoms with Crippen LogP contribution < -0.4 is 10.6 Å². The van der Waals surface area contributed by atoms with Gasteiger partial charge in [0.05, 0.1) is 6.20 Å². The molecule has 1 aliphatic rings. The molecule has 3 unspecified atom stereocenters. The third-order valence-corrected chi connectivity index (χ3v) is 3.52. The summed E-state index contributed by atoms with van der Waals surface area (Å²) in [7, 11) is 3.65. The average Bonchev–Trinajstić information content (AvgIpc) is 2.90. The van der Waals surface area contributed by atoms with E-state index in [1.807, 2.05) is 13.2 Å². The lowest BCUT2D eigenvalue weighted by Crippen LogP contribution is -2.37. The molecule has 1 aromatic rings. The zero-order chi connectivity index (χ0) is 13.1. The highest BCUT2D eigenvalue weighted by molar-refractivity contribution is 5.83. The van der Waals surface area contributed by atoms with Gasteiger partial charge in [-0.05, 0) is 25.8 Å². The highest BCUT2D eigenvalue weighted by Crippen LogP contribution is 2.34. The molecule has 3 atom stereocenters. The van der Waals surface area contributed by atoms with E-state index < -0.39 is 0 Å². The van der Waals surface area contributed by atoms with Gasteiger partial charge in [-0.1, -0.05) is 13.3 Å². The minimum Gasteiger partial charge on any atom is -0.351 e. The first-order valence-corrected chi connectivity index (χ1v) is 6.61. The number of aromatic nitrogens is 2. The van der Waals surface area contributed by atoms with Gasteiger partial charge >= 0.3 is 0 Å². The maximum absolute atomic E-state index is 12.2. The van der Waals surface area contributed by atoms with Crippen molar-refractivity contribution in [2.24, 2.45) is 13.0 Å². The second-order valence-corrected chi connectivity index (χ2v) is 5.07. The number of hydrogen-bond acceptors (Lipinski definition) is 3. The summed E-state index contributed by atoms with van der Waals surface area (Å²) in [6.07, 6.45) is 7.13. The van der Waals surface area contributed by atoms with Gasteiger partial charge in [0.25, 0.3) is 0 Å². The third kappa shape index (κ3) is 2.90.